The van der Waals surface area contributed by atoms with E-state index in [1.54, 1.807) is 25.3 Å². The molecule has 0 bridgehead atoms. The van der Waals surface area contributed by atoms with Crippen molar-refractivity contribution in [1.82, 2.24) is 0 Å². The van der Waals surface area contributed by atoms with E-state index >= 15 is 0 Å². The number of amides is 1. The highest BCUT2D eigenvalue weighted by Crippen LogP contribution is 2.26. The number of carbonyl (C=O) groups excluding carboxylic acids is 1. The number of ether oxygens (including phenoxy) is 1. The maximum atomic E-state index is 12.0. The fourth-order valence-electron chi connectivity index (χ4n) is 1.96. The largest absolute Gasteiger partial charge is 0.496 e. The number of benzene rings is 2. The molecule has 1 amide bonds. The van der Waals surface area contributed by atoms with E-state index in [-0.39, 0.29) is 5.91 Å². The van der Waals surface area contributed by atoms with Crippen molar-refractivity contribution >= 4 is 34.8 Å². The summed E-state index contributed by atoms with van der Waals surface area (Å²) in [7, 11) is 1.62. The predicted molar refractivity (Wildman–Crippen MR) is 86.4 cm³/mol. The van der Waals surface area contributed by atoms with Crippen LogP contribution in [0.15, 0.2) is 42.5 Å². The molecule has 0 radical (unpaired) electrons. The second kappa shape index (κ2) is 7.34. The standard InChI is InChI=1S/C16H15Cl2NO2/c1-21-15-5-3-2-4-11(15)6-9-16(20)19-14-10-12(17)7-8-13(14)18/h2-5,7-8,10H,6,9H2,1H3,(H,19,20). The molecular formula is C16H15Cl2NO2. The van der Waals surface area contributed by atoms with Crippen LogP contribution in [0.2, 0.25) is 10.0 Å². The highest BCUT2D eigenvalue weighted by atomic mass is 35.5. The summed E-state index contributed by atoms with van der Waals surface area (Å²) < 4.78 is 5.26. The lowest BCUT2D eigenvalue weighted by atomic mass is 10.1. The van der Waals surface area contributed by atoms with Gasteiger partial charge < -0.3 is 10.1 Å². The van der Waals surface area contributed by atoms with Gasteiger partial charge in [0.05, 0.1) is 17.8 Å². The number of carbonyl (C=O) groups is 1. The number of anilines is 1. The summed E-state index contributed by atoms with van der Waals surface area (Å²) in [5, 5.41) is 3.75. The van der Waals surface area contributed by atoms with Gasteiger partial charge in [-0.25, -0.2) is 0 Å². The fraction of sp³-hybridized carbons (Fsp3) is 0.188. The number of aryl methyl sites for hydroxylation is 1. The molecule has 0 spiro atoms. The van der Waals surface area contributed by atoms with Crippen LogP contribution in [0.1, 0.15) is 12.0 Å². The Kier molecular flexibility index (Phi) is 5.48. The highest BCUT2D eigenvalue weighted by molar-refractivity contribution is 6.35. The van der Waals surface area contributed by atoms with Crippen LogP contribution < -0.4 is 10.1 Å². The van der Waals surface area contributed by atoms with Crippen LogP contribution in [0.25, 0.3) is 0 Å². The molecule has 21 heavy (non-hydrogen) atoms. The van der Waals surface area contributed by atoms with E-state index in [4.69, 9.17) is 27.9 Å². The van der Waals surface area contributed by atoms with Gasteiger partial charge in [-0.2, -0.15) is 0 Å². The maximum Gasteiger partial charge on any atom is 0.224 e. The van der Waals surface area contributed by atoms with Gasteiger partial charge in [-0.3, -0.25) is 4.79 Å². The zero-order valence-corrected chi connectivity index (χ0v) is 13.0. The molecule has 0 aliphatic carbocycles. The molecule has 0 fully saturated rings. The van der Waals surface area contributed by atoms with Gasteiger partial charge in [0, 0.05) is 11.4 Å². The minimum atomic E-state index is -0.120. The third kappa shape index (κ3) is 4.38. The molecule has 0 saturated carbocycles. The first-order valence-corrected chi connectivity index (χ1v) is 7.22. The van der Waals surface area contributed by atoms with Crippen LogP contribution in [-0.4, -0.2) is 13.0 Å². The molecule has 2 aromatic rings. The zero-order chi connectivity index (χ0) is 15.2. The Labute approximate surface area is 133 Å². The van der Waals surface area contributed by atoms with Gasteiger partial charge in [0.15, 0.2) is 0 Å². The van der Waals surface area contributed by atoms with Gasteiger partial charge in [0.25, 0.3) is 0 Å². The van der Waals surface area contributed by atoms with Gasteiger partial charge in [0.2, 0.25) is 5.91 Å². The topological polar surface area (TPSA) is 38.3 Å². The SMILES string of the molecule is COc1ccccc1CCC(=O)Nc1cc(Cl)ccc1Cl. The number of methoxy groups -OCH3 is 1. The number of halogens is 2. The molecule has 5 heteroatoms. The van der Waals surface area contributed by atoms with Crippen molar-refractivity contribution in [2.75, 3.05) is 12.4 Å². The van der Waals surface area contributed by atoms with E-state index in [0.29, 0.717) is 28.6 Å². The van der Waals surface area contributed by atoms with Crippen LogP contribution in [0.4, 0.5) is 5.69 Å². The predicted octanol–water partition coefficient (Wildman–Crippen LogP) is 4.57. The van der Waals surface area contributed by atoms with E-state index in [1.165, 1.54) is 0 Å². The Bertz CT molecular complexity index is 644. The molecular weight excluding hydrogens is 309 g/mol. The molecule has 110 valence electrons. The van der Waals surface area contributed by atoms with Crippen molar-refractivity contribution in [2.45, 2.75) is 12.8 Å². The fourth-order valence-corrected chi connectivity index (χ4v) is 2.30. The number of rotatable bonds is 5. The van der Waals surface area contributed by atoms with Crippen molar-refractivity contribution in [2.24, 2.45) is 0 Å². The monoisotopic (exact) mass is 323 g/mol. The molecule has 0 saturated heterocycles. The highest BCUT2D eigenvalue weighted by Gasteiger charge is 2.09. The molecule has 0 heterocycles. The first-order valence-electron chi connectivity index (χ1n) is 6.47. The van der Waals surface area contributed by atoms with E-state index < -0.39 is 0 Å². The molecule has 0 aromatic heterocycles. The van der Waals surface area contributed by atoms with E-state index in [9.17, 15) is 4.79 Å². The Balaban J connectivity index is 1.97. The quantitative estimate of drug-likeness (QED) is 0.875. The Morgan fingerprint density at radius 3 is 2.71 bits per heavy atom. The first-order chi connectivity index (χ1) is 10.1. The van der Waals surface area contributed by atoms with Crippen molar-refractivity contribution in [3.05, 3.63) is 58.1 Å². The third-order valence-electron chi connectivity index (χ3n) is 3.02. The summed E-state index contributed by atoms with van der Waals surface area (Å²) in [4.78, 5) is 12.0. The Hall–Kier alpha value is -1.71. The normalized spacial score (nSPS) is 10.2. The third-order valence-corrected chi connectivity index (χ3v) is 3.58. The van der Waals surface area contributed by atoms with Crippen LogP contribution in [0.5, 0.6) is 5.75 Å². The summed E-state index contributed by atoms with van der Waals surface area (Å²) in [5.41, 5.74) is 1.52. The molecule has 1 N–H and O–H groups in total. The molecule has 0 unspecified atom stereocenters. The zero-order valence-electron chi connectivity index (χ0n) is 11.5. The minimum absolute atomic E-state index is 0.120. The lowest BCUT2D eigenvalue weighted by Crippen LogP contribution is -2.12. The number of nitrogens with one attached hydrogen (secondary N) is 1. The van der Waals surface area contributed by atoms with E-state index in [1.807, 2.05) is 24.3 Å². The second-order valence-electron chi connectivity index (χ2n) is 4.48. The van der Waals surface area contributed by atoms with Crippen LogP contribution in [-0.2, 0) is 11.2 Å². The maximum absolute atomic E-state index is 12.0. The van der Waals surface area contributed by atoms with Crippen molar-refractivity contribution in [3.8, 4) is 5.75 Å². The van der Waals surface area contributed by atoms with Crippen molar-refractivity contribution in [1.29, 1.82) is 0 Å². The van der Waals surface area contributed by atoms with Gasteiger partial charge in [-0.05, 0) is 36.2 Å². The lowest BCUT2D eigenvalue weighted by Gasteiger charge is -2.09. The summed E-state index contributed by atoms with van der Waals surface area (Å²) >= 11 is 11.9. The van der Waals surface area contributed by atoms with Crippen LogP contribution in [0.3, 0.4) is 0 Å². The molecule has 3 nitrogen and oxygen atoms in total. The van der Waals surface area contributed by atoms with Gasteiger partial charge in [-0.15, -0.1) is 0 Å². The summed E-state index contributed by atoms with van der Waals surface area (Å²) in [6, 6.07) is 12.6. The average molecular weight is 324 g/mol. The Morgan fingerprint density at radius 1 is 1.19 bits per heavy atom. The molecule has 0 aliphatic heterocycles. The lowest BCUT2D eigenvalue weighted by molar-refractivity contribution is -0.116. The molecule has 2 rings (SSSR count). The van der Waals surface area contributed by atoms with Gasteiger partial charge in [0.1, 0.15) is 5.75 Å². The Morgan fingerprint density at radius 2 is 1.95 bits per heavy atom. The number of hydrogen-bond acceptors (Lipinski definition) is 2. The smallest absolute Gasteiger partial charge is 0.224 e. The van der Waals surface area contributed by atoms with E-state index in [0.717, 1.165) is 11.3 Å². The van der Waals surface area contributed by atoms with Crippen LogP contribution in [0, 0.1) is 0 Å². The average Bonchev–Trinajstić information content (AvgIpc) is 2.49. The van der Waals surface area contributed by atoms with Crippen molar-refractivity contribution < 1.29 is 9.53 Å². The first kappa shape index (κ1) is 15.7. The minimum Gasteiger partial charge on any atom is -0.496 e. The summed E-state index contributed by atoms with van der Waals surface area (Å²) in [6.07, 6.45) is 0.928. The molecule has 0 aliphatic rings. The van der Waals surface area contributed by atoms with Crippen molar-refractivity contribution in [3.63, 3.8) is 0 Å². The number of para-hydroxylation sites is 1. The van der Waals surface area contributed by atoms with E-state index in [2.05, 4.69) is 5.32 Å². The van der Waals surface area contributed by atoms with Gasteiger partial charge in [-0.1, -0.05) is 41.4 Å². The summed E-state index contributed by atoms with van der Waals surface area (Å²) in [6.45, 7) is 0. The molecule has 0 atom stereocenters. The van der Waals surface area contributed by atoms with Gasteiger partial charge >= 0.3 is 0 Å². The van der Waals surface area contributed by atoms with Crippen LogP contribution >= 0.6 is 23.2 Å². The summed E-state index contributed by atoms with van der Waals surface area (Å²) in [5.74, 6) is 0.663. The molecule has 2 aromatic carbocycles. The second-order valence-corrected chi connectivity index (χ2v) is 5.33. The number of hydrogen-bond donors (Lipinski definition) is 1.